The van der Waals surface area contributed by atoms with Crippen molar-refractivity contribution >= 4 is 23.4 Å². The van der Waals surface area contributed by atoms with Crippen LogP contribution in [0.2, 0.25) is 0 Å². The van der Waals surface area contributed by atoms with Gasteiger partial charge < -0.3 is 11.1 Å². The monoisotopic (exact) mass is 332 g/mol. The van der Waals surface area contributed by atoms with Gasteiger partial charge in [-0.3, -0.25) is 4.79 Å². The Balaban J connectivity index is 1.91. The Hall–Kier alpha value is -1.21. The van der Waals surface area contributed by atoms with Crippen LogP contribution < -0.4 is 11.1 Å². The van der Waals surface area contributed by atoms with Crippen LogP contribution in [-0.4, -0.2) is 23.2 Å². The first-order valence-corrected chi connectivity index (χ1v) is 8.23. The molecule has 1 amide bonds. The number of anilines is 1. The number of amides is 1. The van der Waals surface area contributed by atoms with E-state index in [2.05, 4.69) is 5.32 Å². The van der Waals surface area contributed by atoms with E-state index >= 15 is 0 Å². The summed E-state index contributed by atoms with van der Waals surface area (Å²) in [7, 11) is 0. The van der Waals surface area contributed by atoms with Gasteiger partial charge in [0.25, 0.3) is 0 Å². The van der Waals surface area contributed by atoms with Gasteiger partial charge in [0.05, 0.1) is 6.04 Å². The van der Waals surface area contributed by atoms with Crippen molar-refractivity contribution in [2.45, 2.75) is 43.7 Å². The highest BCUT2D eigenvalue weighted by atomic mass is 32.2. The van der Waals surface area contributed by atoms with Crippen molar-refractivity contribution < 1.29 is 18.0 Å². The first kappa shape index (κ1) is 17.1. The second kappa shape index (κ2) is 7.37. The van der Waals surface area contributed by atoms with Crippen LogP contribution in [-0.2, 0) is 17.6 Å². The van der Waals surface area contributed by atoms with Gasteiger partial charge in [-0.25, -0.2) is 0 Å². The third-order valence-electron chi connectivity index (χ3n) is 3.69. The van der Waals surface area contributed by atoms with Crippen LogP contribution in [0.5, 0.6) is 0 Å². The zero-order valence-electron chi connectivity index (χ0n) is 12.1. The molecule has 2 rings (SSSR count). The molecule has 0 aliphatic heterocycles. The number of aryl methyl sites for hydroxylation is 1. The molecule has 1 aromatic carbocycles. The zero-order chi connectivity index (χ0) is 16.2. The Morgan fingerprint density at radius 3 is 2.77 bits per heavy atom. The van der Waals surface area contributed by atoms with Gasteiger partial charge in [0.2, 0.25) is 5.91 Å². The topological polar surface area (TPSA) is 55.1 Å². The number of carbonyl (C=O) groups is 1. The molecule has 1 aromatic rings. The van der Waals surface area contributed by atoms with Crippen LogP contribution in [0, 0.1) is 0 Å². The highest BCUT2D eigenvalue weighted by molar-refractivity contribution is 8.00. The third-order valence-corrected chi connectivity index (χ3v) is 4.45. The number of thioether (sulfide) groups is 1. The molecule has 0 heterocycles. The Bertz CT molecular complexity index is 534. The standard InChI is InChI=1S/C15H19F3N2OS/c16-15(17,18)22-9-8-12(19)14(21)20-13-7-3-5-10-4-1-2-6-11(10)13/h3,5,7,12H,1-2,4,6,8-9,19H2,(H,20,21)/t12-/m0/s1. The summed E-state index contributed by atoms with van der Waals surface area (Å²) in [5, 5.41) is 2.76. The number of nitrogens with two attached hydrogens (primary N) is 1. The predicted molar refractivity (Wildman–Crippen MR) is 82.8 cm³/mol. The molecule has 0 spiro atoms. The number of benzene rings is 1. The summed E-state index contributed by atoms with van der Waals surface area (Å²) in [6.07, 6.45) is 4.11. The van der Waals surface area contributed by atoms with E-state index in [1.165, 1.54) is 5.56 Å². The van der Waals surface area contributed by atoms with E-state index in [0.29, 0.717) is 0 Å². The minimum atomic E-state index is -4.28. The summed E-state index contributed by atoms with van der Waals surface area (Å²) in [6.45, 7) is 0. The van der Waals surface area contributed by atoms with Gasteiger partial charge in [-0.15, -0.1) is 0 Å². The van der Waals surface area contributed by atoms with E-state index in [9.17, 15) is 18.0 Å². The minimum Gasteiger partial charge on any atom is -0.324 e. The molecular formula is C15H19F3N2OS. The van der Waals surface area contributed by atoms with E-state index in [1.807, 2.05) is 18.2 Å². The van der Waals surface area contributed by atoms with Crippen molar-refractivity contribution in [2.24, 2.45) is 5.73 Å². The van der Waals surface area contributed by atoms with E-state index in [1.54, 1.807) is 0 Å². The van der Waals surface area contributed by atoms with Gasteiger partial charge in [0.15, 0.2) is 0 Å². The fourth-order valence-corrected chi connectivity index (χ4v) is 3.16. The molecule has 1 aliphatic rings. The van der Waals surface area contributed by atoms with E-state index in [4.69, 9.17) is 5.73 Å². The fourth-order valence-electron chi connectivity index (χ4n) is 2.56. The van der Waals surface area contributed by atoms with Crippen LogP contribution in [0.15, 0.2) is 18.2 Å². The molecule has 1 atom stereocenters. The summed E-state index contributed by atoms with van der Waals surface area (Å²) >= 11 is -0.152. The fraction of sp³-hybridized carbons (Fsp3) is 0.533. The molecule has 0 radical (unpaired) electrons. The molecule has 1 aliphatic carbocycles. The number of halogens is 3. The molecule has 3 nitrogen and oxygen atoms in total. The lowest BCUT2D eigenvalue weighted by molar-refractivity contribution is -0.117. The van der Waals surface area contributed by atoms with Gasteiger partial charge in [0, 0.05) is 11.4 Å². The van der Waals surface area contributed by atoms with Crippen LogP contribution in [0.4, 0.5) is 18.9 Å². The van der Waals surface area contributed by atoms with Crippen molar-refractivity contribution in [3.8, 4) is 0 Å². The molecule has 0 unspecified atom stereocenters. The highest BCUT2D eigenvalue weighted by Gasteiger charge is 2.28. The average molecular weight is 332 g/mol. The number of carbonyl (C=O) groups excluding carboxylic acids is 1. The maximum absolute atomic E-state index is 12.1. The zero-order valence-corrected chi connectivity index (χ0v) is 12.9. The lowest BCUT2D eigenvalue weighted by Gasteiger charge is -2.20. The number of hydrogen-bond donors (Lipinski definition) is 2. The molecule has 122 valence electrons. The molecule has 3 N–H and O–H groups in total. The summed E-state index contributed by atoms with van der Waals surface area (Å²) in [5.74, 6) is -0.646. The van der Waals surface area contributed by atoms with Crippen molar-refractivity contribution in [2.75, 3.05) is 11.1 Å². The Morgan fingerprint density at radius 1 is 1.32 bits per heavy atom. The van der Waals surface area contributed by atoms with Gasteiger partial charge in [-0.05, 0) is 49.3 Å². The summed E-state index contributed by atoms with van der Waals surface area (Å²) in [4.78, 5) is 12.0. The molecule has 22 heavy (non-hydrogen) atoms. The van der Waals surface area contributed by atoms with Crippen molar-refractivity contribution in [3.05, 3.63) is 29.3 Å². The van der Waals surface area contributed by atoms with Gasteiger partial charge in [0.1, 0.15) is 0 Å². The predicted octanol–water partition coefficient (Wildman–Crippen LogP) is 3.47. The summed E-state index contributed by atoms with van der Waals surface area (Å²) in [6, 6.07) is 4.81. The lowest BCUT2D eigenvalue weighted by atomic mass is 9.90. The number of fused-ring (bicyclic) bond motifs is 1. The Morgan fingerprint density at radius 2 is 2.05 bits per heavy atom. The maximum atomic E-state index is 12.1. The normalized spacial score (nSPS) is 16.0. The smallest absolute Gasteiger partial charge is 0.324 e. The van der Waals surface area contributed by atoms with Crippen molar-refractivity contribution in [3.63, 3.8) is 0 Å². The number of rotatable bonds is 5. The average Bonchev–Trinajstić information content (AvgIpc) is 2.46. The SMILES string of the molecule is N[C@@H](CCSC(F)(F)F)C(=O)Nc1cccc2c1CCCC2. The van der Waals surface area contributed by atoms with Gasteiger partial charge in [-0.2, -0.15) is 13.2 Å². The van der Waals surface area contributed by atoms with Gasteiger partial charge in [-0.1, -0.05) is 23.9 Å². The molecule has 0 fully saturated rings. The Kier molecular flexibility index (Phi) is 5.74. The summed E-state index contributed by atoms with van der Waals surface area (Å²) in [5.41, 5.74) is 4.48. The van der Waals surface area contributed by atoms with E-state index in [0.717, 1.165) is 36.9 Å². The quantitative estimate of drug-likeness (QED) is 0.868. The summed E-state index contributed by atoms with van der Waals surface area (Å²) < 4.78 is 36.2. The van der Waals surface area contributed by atoms with Crippen molar-refractivity contribution in [1.29, 1.82) is 0 Å². The first-order valence-electron chi connectivity index (χ1n) is 7.25. The second-order valence-corrected chi connectivity index (χ2v) is 6.49. The van der Waals surface area contributed by atoms with E-state index in [-0.39, 0.29) is 23.9 Å². The van der Waals surface area contributed by atoms with Crippen molar-refractivity contribution in [1.82, 2.24) is 0 Å². The number of nitrogens with one attached hydrogen (secondary N) is 1. The molecule has 0 aromatic heterocycles. The van der Waals surface area contributed by atoms with Crippen LogP contribution in [0.25, 0.3) is 0 Å². The molecule has 7 heteroatoms. The van der Waals surface area contributed by atoms with E-state index < -0.39 is 17.5 Å². The largest absolute Gasteiger partial charge is 0.441 e. The second-order valence-electron chi connectivity index (χ2n) is 5.33. The highest BCUT2D eigenvalue weighted by Crippen LogP contribution is 2.31. The molecule has 0 saturated heterocycles. The van der Waals surface area contributed by atoms with Crippen LogP contribution in [0.3, 0.4) is 0 Å². The maximum Gasteiger partial charge on any atom is 0.441 e. The van der Waals surface area contributed by atoms with Crippen LogP contribution >= 0.6 is 11.8 Å². The minimum absolute atomic E-state index is 0.00889. The molecule has 0 bridgehead atoms. The number of hydrogen-bond acceptors (Lipinski definition) is 3. The first-order chi connectivity index (χ1) is 10.4. The number of alkyl halides is 3. The third kappa shape index (κ3) is 4.91. The molecule has 0 saturated carbocycles. The lowest BCUT2D eigenvalue weighted by Crippen LogP contribution is -2.36. The van der Waals surface area contributed by atoms with Crippen LogP contribution in [0.1, 0.15) is 30.4 Å². The molecular weight excluding hydrogens is 313 g/mol. The Labute approximate surface area is 131 Å². The van der Waals surface area contributed by atoms with Gasteiger partial charge >= 0.3 is 5.51 Å².